The molecule has 120 valence electrons. The van der Waals surface area contributed by atoms with Gasteiger partial charge in [-0.2, -0.15) is 0 Å². The van der Waals surface area contributed by atoms with Gasteiger partial charge in [0, 0.05) is 23.7 Å². The Kier molecular flexibility index (Phi) is 3.58. The third-order valence-electron chi connectivity index (χ3n) is 4.47. The van der Waals surface area contributed by atoms with E-state index in [1.807, 2.05) is 37.8 Å². The number of amides is 1. The van der Waals surface area contributed by atoms with Crippen LogP contribution in [0.5, 0.6) is 0 Å². The molecule has 4 nitrogen and oxygen atoms in total. The van der Waals surface area contributed by atoms with Gasteiger partial charge < -0.3 is 15.4 Å². The first-order valence-corrected chi connectivity index (χ1v) is 8.15. The van der Waals surface area contributed by atoms with Crippen LogP contribution in [0.2, 0.25) is 0 Å². The lowest BCUT2D eigenvalue weighted by Gasteiger charge is -2.30. The smallest absolute Gasteiger partial charge is 0.410 e. The van der Waals surface area contributed by atoms with Crippen molar-refractivity contribution in [3.8, 4) is 0 Å². The van der Waals surface area contributed by atoms with Gasteiger partial charge in [-0.1, -0.05) is 12.1 Å². The lowest BCUT2D eigenvalue weighted by atomic mass is 9.95. The summed E-state index contributed by atoms with van der Waals surface area (Å²) >= 11 is 0. The summed E-state index contributed by atoms with van der Waals surface area (Å²) < 4.78 is 5.60. The van der Waals surface area contributed by atoms with E-state index in [0.29, 0.717) is 6.04 Å². The zero-order chi connectivity index (χ0) is 16.0. The second-order valence-electron chi connectivity index (χ2n) is 7.74. The van der Waals surface area contributed by atoms with Crippen molar-refractivity contribution in [2.45, 2.75) is 63.5 Å². The van der Waals surface area contributed by atoms with Crippen molar-refractivity contribution in [3.05, 3.63) is 29.8 Å². The predicted octanol–water partition coefficient (Wildman–Crippen LogP) is 3.70. The largest absolute Gasteiger partial charge is 0.444 e. The molecule has 1 aromatic carbocycles. The van der Waals surface area contributed by atoms with Crippen molar-refractivity contribution < 1.29 is 9.53 Å². The van der Waals surface area contributed by atoms with E-state index in [-0.39, 0.29) is 11.5 Å². The zero-order valence-corrected chi connectivity index (χ0v) is 13.8. The molecule has 0 heterocycles. The number of rotatable bonds is 4. The maximum absolute atomic E-state index is 12.5. The quantitative estimate of drug-likeness (QED) is 0.863. The lowest BCUT2D eigenvalue weighted by molar-refractivity contribution is 0.0214. The fourth-order valence-electron chi connectivity index (χ4n) is 2.90. The third-order valence-corrected chi connectivity index (χ3v) is 4.47. The maximum Gasteiger partial charge on any atom is 0.410 e. The monoisotopic (exact) mass is 302 g/mol. The number of ether oxygens (including phenoxy) is 1. The van der Waals surface area contributed by atoms with Crippen LogP contribution in [0.3, 0.4) is 0 Å². The minimum absolute atomic E-state index is 0.104. The first-order chi connectivity index (χ1) is 10.3. The molecule has 22 heavy (non-hydrogen) atoms. The Morgan fingerprint density at radius 1 is 1.27 bits per heavy atom. The Bertz CT molecular complexity index is 551. The number of nitrogen functional groups attached to an aromatic ring is 1. The number of nitrogens with two attached hydrogens (primary N) is 1. The van der Waals surface area contributed by atoms with Crippen LogP contribution in [0.15, 0.2) is 24.3 Å². The van der Waals surface area contributed by atoms with Gasteiger partial charge in [0.1, 0.15) is 5.60 Å². The maximum atomic E-state index is 12.5. The van der Waals surface area contributed by atoms with Crippen LogP contribution in [0.1, 0.15) is 52.0 Å². The van der Waals surface area contributed by atoms with Crippen LogP contribution in [0.25, 0.3) is 0 Å². The van der Waals surface area contributed by atoms with Crippen LogP contribution in [0.4, 0.5) is 10.5 Å². The lowest BCUT2D eigenvalue weighted by Crippen LogP contribution is -2.42. The van der Waals surface area contributed by atoms with Crippen molar-refractivity contribution in [1.29, 1.82) is 0 Å². The highest BCUT2D eigenvalue weighted by molar-refractivity contribution is 5.69. The zero-order valence-electron chi connectivity index (χ0n) is 13.8. The predicted molar refractivity (Wildman–Crippen MR) is 87.7 cm³/mol. The van der Waals surface area contributed by atoms with Crippen LogP contribution in [-0.4, -0.2) is 29.2 Å². The van der Waals surface area contributed by atoms with Gasteiger partial charge in [0.05, 0.1) is 0 Å². The number of benzene rings is 1. The summed E-state index contributed by atoms with van der Waals surface area (Å²) in [6.07, 6.45) is 4.27. The highest BCUT2D eigenvalue weighted by atomic mass is 16.6. The summed E-state index contributed by atoms with van der Waals surface area (Å²) in [7, 11) is 0. The number of nitrogens with zero attached hydrogens (tertiary/aromatic N) is 1. The minimum atomic E-state index is -0.442. The minimum Gasteiger partial charge on any atom is -0.444 e. The normalized spacial score (nSPS) is 19.6. The Balaban J connectivity index is 1.74. The van der Waals surface area contributed by atoms with Gasteiger partial charge in [-0.15, -0.1) is 0 Å². The average molecular weight is 302 g/mol. The molecule has 0 spiro atoms. The average Bonchev–Trinajstić information content (AvgIpc) is 3.30. The summed E-state index contributed by atoms with van der Waals surface area (Å²) in [4.78, 5) is 14.5. The van der Waals surface area contributed by atoms with E-state index < -0.39 is 5.60 Å². The van der Waals surface area contributed by atoms with E-state index >= 15 is 0 Å². The standard InChI is InChI=1S/C18H26N2O2/c1-17(2,3)22-16(21)20(15-8-9-15)12-18(10-11-18)13-4-6-14(19)7-5-13/h4-7,15H,8-12,19H2,1-3H3. The molecular formula is C18H26N2O2. The van der Waals surface area contributed by atoms with E-state index in [0.717, 1.165) is 37.9 Å². The topological polar surface area (TPSA) is 55.6 Å². The Morgan fingerprint density at radius 2 is 1.86 bits per heavy atom. The Labute approximate surface area is 132 Å². The molecule has 0 saturated heterocycles. The highest BCUT2D eigenvalue weighted by Gasteiger charge is 2.49. The molecule has 0 radical (unpaired) electrons. The summed E-state index contributed by atoms with van der Waals surface area (Å²) in [6.45, 7) is 6.52. The molecule has 1 aromatic rings. The summed E-state index contributed by atoms with van der Waals surface area (Å²) in [5, 5.41) is 0. The molecule has 2 aliphatic rings. The van der Waals surface area contributed by atoms with Gasteiger partial charge in [-0.05, 0) is 64.2 Å². The molecule has 3 rings (SSSR count). The highest BCUT2D eigenvalue weighted by Crippen LogP contribution is 2.50. The van der Waals surface area contributed by atoms with Crippen LogP contribution in [-0.2, 0) is 10.2 Å². The first-order valence-electron chi connectivity index (χ1n) is 8.15. The van der Waals surface area contributed by atoms with E-state index in [2.05, 4.69) is 12.1 Å². The van der Waals surface area contributed by atoms with Crippen molar-refractivity contribution in [1.82, 2.24) is 4.90 Å². The van der Waals surface area contributed by atoms with Crippen LogP contribution in [0, 0.1) is 0 Å². The summed E-state index contributed by atoms with van der Waals surface area (Å²) in [5.74, 6) is 0. The van der Waals surface area contributed by atoms with Crippen LogP contribution < -0.4 is 5.73 Å². The second-order valence-corrected chi connectivity index (χ2v) is 7.74. The second kappa shape index (κ2) is 5.18. The fraction of sp³-hybridized carbons (Fsp3) is 0.611. The van der Waals surface area contributed by atoms with Crippen LogP contribution >= 0.6 is 0 Å². The molecule has 2 fully saturated rings. The fourth-order valence-corrected chi connectivity index (χ4v) is 2.90. The van der Waals surface area contributed by atoms with Crippen molar-refractivity contribution in [3.63, 3.8) is 0 Å². The third kappa shape index (κ3) is 3.37. The van der Waals surface area contributed by atoms with E-state index in [1.54, 1.807) is 0 Å². The Morgan fingerprint density at radius 3 is 2.32 bits per heavy atom. The number of hydrogen-bond acceptors (Lipinski definition) is 3. The van der Waals surface area contributed by atoms with E-state index in [1.165, 1.54) is 5.56 Å². The number of anilines is 1. The molecule has 0 bridgehead atoms. The van der Waals surface area contributed by atoms with E-state index in [9.17, 15) is 4.79 Å². The summed E-state index contributed by atoms with van der Waals surface area (Å²) in [6, 6.07) is 8.46. The van der Waals surface area contributed by atoms with Gasteiger partial charge in [-0.3, -0.25) is 0 Å². The number of carbonyl (C=O) groups excluding carboxylic acids is 1. The number of carbonyl (C=O) groups is 1. The Hall–Kier alpha value is -1.71. The molecule has 0 unspecified atom stereocenters. The molecule has 4 heteroatoms. The van der Waals surface area contributed by atoms with Gasteiger partial charge in [0.2, 0.25) is 0 Å². The molecule has 2 aliphatic carbocycles. The summed E-state index contributed by atoms with van der Waals surface area (Å²) in [5.41, 5.74) is 7.52. The van der Waals surface area contributed by atoms with Crippen molar-refractivity contribution >= 4 is 11.8 Å². The van der Waals surface area contributed by atoms with Gasteiger partial charge >= 0.3 is 6.09 Å². The van der Waals surface area contributed by atoms with Gasteiger partial charge in [0.15, 0.2) is 0 Å². The molecule has 2 saturated carbocycles. The molecule has 2 N–H and O–H groups in total. The molecular weight excluding hydrogens is 276 g/mol. The van der Waals surface area contributed by atoms with Gasteiger partial charge in [-0.25, -0.2) is 4.79 Å². The molecule has 0 aromatic heterocycles. The molecule has 0 aliphatic heterocycles. The van der Waals surface area contributed by atoms with Gasteiger partial charge in [0.25, 0.3) is 0 Å². The first kappa shape index (κ1) is 15.2. The van der Waals surface area contributed by atoms with Crippen molar-refractivity contribution in [2.24, 2.45) is 0 Å². The SMILES string of the molecule is CC(C)(C)OC(=O)N(CC1(c2ccc(N)cc2)CC1)C1CC1. The molecule has 0 atom stereocenters. The number of hydrogen-bond donors (Lipinski definition) is 1. The van der Waals surface area contributed by atoms with Crippen molar-refractivity contribution in [2.75, 3.05) is 12.3 Å². The molecule has 1 amide bonds. The van der Waals surface area contributed by atoms with E-state index in [4.69, 9.17) is 10.5 Å².